The summed E-state index contributed by atoms with van der Waals surface area (Å²) < 4.78 is 10.8. The molecule has 7 heteroatoms. The first kappa shape index (κ1) is 20.5. The van der Waals surface area contributed by atoms with Gasteiger partial charge in [-0.3, -0.25) is 4.79 Å². The molecule has 0 radical (unpaired) electrons. The summed E-state index contributed by atoms with van der Waals surface area (Å²) in [6.45, 7) is 6.61. The van der Waals surface area contributed by atoms with E-state index in [9.17, 15) is 14.7 Å². The number of carboxylic acid groups (broad SMARTS) is 1. The number of carbonyl (C=O) groups is 2. The van der Waals surface area contributed by atoms with Crippen LogP contribution in [0.1, 0.15) is 38.7 Å². The first-order valence-electron chi connectivity index (χ1n) is 9.74. The van der Waals surface area contributed by atoms with E-state index in [0.29, 0.717) is 18.8 Å². The standard InChI is InChI=1S/C21H29NO6/c1-21(2,3)28-20(26)22-11-14-10-16(18(19(24)25)17(14)12-22)13-4-6-15(7-5-13)27-9-8-23/h4-7,14,16-18,23H,8-12H2,1-3H3,(H,24,25). The van der Waals surface area contributed by atoms with Crippen LogP contribution in [0.3, 0.4) is 0 Å². The topological polar surface area (TPSA) is 96.3 Å². The molecule has 1 saturated carbocycles. The Morgan fingerprint density at radius 1 is 1.18 bits per heavy atom. The number of likely N-dealkylation sites (tertiary alicyclic amines) is 1. The molecule has 1 saturated heterocycles. The Morgan fingerprint density at radius 2 is 1.86 bits per heavy atom. The summed E-state index contributed by atoms with van der Waals surface area (Å²) in [5, 5.41) is 18.7. The Bertz CT molecular complexity index is 711. The molecule has 1 aromatic rings. The van der Waals surface area contributed by atoms with Gasteiger partial charge in [0.25, 0.3) is 0 Å². The Morgan fingerprint density at radius 3 is 2.43 bits per heavy atom. The molecule has 7 nitrogen and oxygen atoms in total. The van der Waals surface area contributed by atoms with Gasteiger partial charge in [-0.05, 0) is 62.6 Å². The maximum absolute atomic E-state index is 12.4. The highest BCUT2D eigenvalue weighted by molar-refractivity contribution is 5.74. The van der Waals surface area contributed by atoms with Gasteiger partial charge in [0.2, 0.25) is 0 Å². The first-order chi connectivity index (χ1) is 13.2. The fraction of sp³-hybridized carbons (Fsp3) is 0.619. The number of aliphatic hydroxyl groups is 1. The number of hydrogen-bond acceptors (Lipinski definition) is 5. The predicted octanol–water partition coefficient (Wildman–Crippen LogP) is 2.73. The Labute approximate surface area is 165 Å². The number of rotatable bonds is 5. The van der Waals surface area contributed by atoms with Crippen molar-refractivity contribution in [2.75, 3.05) is 26.3 Å². The van der Waals surface area contributed by atoms with Crippen LogP contribution in [-0.2, 0) is 9.53 Å². The van der Waals surface area contributed by atoms with Gasteiger partial charge < -0.3 is 24.6 Å². The summed E-state index contributed by atoms with van der Waals surface area (Å²) >= 11 is 0. The summed E-state index contributed by atoms with van der Waals surface area (Å²) in [7, 11) is 0. The molecule has 4 atom stereocenters. The van der Waals surface area contributed by atoms with Gasteiger partial charge in [-0.1, -0.05) is 12.1 Å². The number of benzene rings is 1. The van der Waals surface area contributed by atoms with Crippen LogP contribution < -0.4 is 4.74 Å². The molecule has 1 heterocycles. The van der Waals surface area contributed by atoms with Crippen LogP contribution in [0, 0.1) is 17.8 Å². The first-order valence-corrected chi connectivity index (χ1v) is 9.74. The van der Waals surface area contributed by atoms with Gasteiger partial charge in [-0.15, -0.1) is 0 Å². The van der Waals surface area contributed by atoms with Crippen LogP contribution in [0.5, 0.6) is 5.75 Å². The molecule has 2 N–H and O–H groups in total. The van der Waals surface area contributed by atoms with Gasteiger partial charge >= 0.3 is 12.1 Å². The zero-order valence-corrected chi connectivity index (χ0v) is 16.6. The third kappa shape index (κ3) is 4.41. The maximum atomic E-state index is 12.4. The molecule has 0 aromatic heterocycles. The van der Waals surface area contributed by atoms with E-state index in [1.807, 2.05) is 45.0 Å². The molecule has 154 valence electrons. The van der Waals surface area contributed by atoms with E-state index < -0.39 is 17.5 Å². The van der Waals surface area contributed by atoms with Crippen LogP contribution >= 0.6 is 0 Å². The number of nitrogens with zero attached hydrogens (tertiary/aromatic N) is 1. The number of ether oxygens (including phenoxy) is 2. The molecule has 2 aliphatic rings. The Kier molecular flexibility index (Phi) is 5.84. The lowest BCUT2D eigenvalue weighted by atomic mass is 9.84. The van der Waals surface area contributed by atoms with Gasteiger partial charge in [-0.25, -0.2) is 4.79 Å². The summed E-state index contributed by atoms with van der Waals surface area (Å²) in [4.78, 5) is 26.1. The van der Waals surface area contributed by atoms with Crippen molar-refractivity contribution in [2.45, 2.75) is 38.7 Å². The number of amides is 1. The second-order valence-corrected chi connectivity index (χ2v) is 8.66. The van der Waals surface area contributed by atoms with Crippen molar-refractivity contribution in [3.8, 4) is 5.75 Å². The second-order valence-electron chi connectivity index (χ2n) is 8.66. The lowest BCUT2D eigenvalue weighted by Gasteiger charge is -2.26. The molecule has 0 bridgehead atoms. The summed E-state index contributed by atoms with van der Waals surface area (Å²) in [5.74, 6) is -0.686. The zero-order chi connectivity index (χ0) is 20.5. The van der Waals surface area contributed by atoms with Gasteiger partial charge in [-0.2, -0.15) is 0 Å². The molecule has 0 spiro atoms. The summed E-state index contributed by atoms with van der Waals surface area (Å²) in [6, 6.07) is 7.43. The molecular weight excluding hydrogens is 362 g/mol. The molecule has 4 unspecified atom stereocenters. The van der Waals surface area contributed by atoms with Crippen molar-refractivity contribution < 1.29 is 29.3 Å². The average molecular weight is 391 g/mol. The molecule has 28 heavy (non-hydrogen) atoms. The zero-order valence-electron chi connectivity index (χ0n) is 16.6. The number of aliphatic carboxylic acids is 1. The maximum Gasteiger partial charge on any atom is 0.410 e. The summed E-state index contributed by atoms with van der Waals surface area (Å²) in [5.41, 5.74) is 0.408. The summed E-state index contributed by atoms with van der Waals surface area (Å²) in [6.07, 6.45) is 0.366. The minimum Gasteiger partial charge on any atom is -0.491 e. The van der Waals surface area contributed by atoms with Crippen molar-refractivity contribution in [2.24, 2.45) is 17.8 Å². The van der Waals surface area contributed by atoms with Crippen molar-refractivity contribution in [1.82, 2.24) is 4.90 Å². The lowest BCUT2D eigenvalue weighted by molar-refractivity contribution is -0.143. The Hall–Kier alpha value is -2.28. The number of fused-ring (bicyclic) bond motifs is 1. The smallest absolute Gasteiger partial charge is 0.410 e. The van der Waals surface area contributed by atoms with Crippen LogP contribution in [0.15, 0.2) is 24.3 Å². The molecular formula is C21H29NO6. The van der Waals surface area contributed by atoms with Crippen LogP contribution in [0.25, 0.3) is 0 Å². The van der Waals surface area contributed by atoms with E-state index in [2.05, 4.69) is 0 Å². The molecule has 1 amide bonds. The van der Waals surface area contributed by atoms with E-state index in [0.717, 1.165) is 12.0 Å². The molecule has 1 aromatic carbocycles. The minimum absolute atomic E-state index is 0.0526. The molecule has 3 rings (SSSR count). The highest BCUT2D eigenvalue weighted by atomic mass is 16.6. The van der Waals surface area contributed by atoms with Crippen LogP contribution in [0.2, 0.25) is 0 Å². The van der Waals surface area contributed by atoms with Crippen LogP contribution in [-0.4, -0.2) is 59.1 Å². The van der Waals surface area contributed by atoms with Crippen LogP contribution in [0.4, 0.5) is 4.79 Å². The highest BCUT2D eigenvalue weighted by Gasteiger charge is 2.52. The number of hydrogen-bond donors (Lipinski definition) is 2. The number of carbonyl (C=O) groups excluding carboxylic acids is 1. The van der Waals surface area contributed by atoms with Crippen molar-refractivity contribution in [3.63, 3.8) is 0 Å². The molecule has 1 aliphatic heterocycles. The predicted molar refractivity (Wildman–Crippen MR) is 102 cm³/mol. The van der Waals surface area contributed by atoms with E-state index in [1.54, 1.807) is 4.90 Å². The van der Waals surface area contributed by atoms with E-state index in [-0.39, 0.29) is 37.1 Å². The van der Waals surface area contributed by atoms with E-state index in [1.165, 1.54) is 0 Å². The van der Waals surface area contributed by atoms with Crippen molar-refractivity contribution in [1.29, 1.82) is 0 Å². The lowest BCUT2D eigenvalue weighted by Crippen LogP contribution is -2.37. The van der Waals surface area contributed by atoms with Crippen molar-refractivity contribution in [3.05, 3.63) is 29.8 Å². The number of carboxylic acids is 1. The van der Waals surface area contributed by atoms with Gasteiger partial charge in [0.1, 0.15) is 18.0 Å². The quantitative estimate of drug-likeness (QED) is 0.801. The van der Waals surface area contributed by atoms with Gasteiger partial charge in [0.05, 0.1) is 12.5 Å². The normalized spacial score (nSPS) is 26.8. The van der Waals surface area contributed by atoms with Gasteiger partial charge in [0.15, 0.2) is 0 Å². The Balaban J connectivity index is 1.71. The fourth-order valence-electron chi connectivity index (χ4n) is 4.47. The largest absolute Gasteiger partial charge is 0.491 e. The number of aliphatic hydroxyl groups excluding tert-OH is 1. The van der Waals surface area contributed by atoms with Gasteiger partial charge in [0, 0.05) is 13.1 Å². The third-order valence-corrected chi connectivity index (χ3v) is 5.55. The molecule has 2 fully saturated rings. The van der Waals surface area contributed by atoms with E-state index in [4.69, 9.17) is 14.6 Å². The molecule has 1 aliphatic carbocycles. The van der Waals surface area contributed by atoms with E-state index >= 15 is 0 Å². The minimum atomic E-state index is -0.816. The van der Waals surface area contributed by atoms with Crippen molar-refractivity contribution >= 4 is 12.1 Å². The monoisotopic (exact) mass is 391 g/mol. The SMILES string of the molecule is CC(C)(C)OC(=O)N1CC2CC(c3ccc(OCCO)cc3)C(C(=O)O)C2C1. The fourth-order valence-corrected chi connectivity index (χ4v) is 4.47. The highest BCUT2D eigenvalue weighted by Crippen LogP contribution is 2.51. The third-order valence-electron chi connectivity index (χ3n) is 5.55. The second kappa shape index (κ2) is 7.99. The average Bonchev–Trinajstić information content (AvgIpc) is 3.16.